The van der Waals surface area contributed by atoms with Gasteiger partial charge < -0.3 is 29.2 Å². The van der Waals surface area contributed by atoms with Crippen molar-refractivity contribution in [2.45, 2.75) is 12.2 Å². The highest BCUT2D eigenvalue weighted by molar-refractivity contribution is 6.20. The van der Waals surface area contributed by atoms with Gasteiger partial charge in [-0.2, -0.15) is 0 Å². The maximum Gasteiger partial charge on any atom is 0.342 e. The number of carboxylic acid groups (broad SMARTS) is 1. The molecular weight excluding hydrogens is 496 g/mol. The minimum atomic E-state index is -2.14. The van der Waals surface area contributed by atoms with Gasteiger partial charge in [0.2, 0.25) is 0 Å². The topological polar surface area (TPSA) is 150 Å². The van der Waals surface area contributed by atoms with Crippen LogP contribution in [0, 0.1) is 0 Å². The number of hydrogen-bond acceptors (Lipinski definition) is 10. The predicted octanol–water partition coefficient (Wildman–Crippen LogP) is 3.10. The standard InChI is InChI=1S/C27H22N2O9/c1-34-18-8-5-17(6-9-18)27(33)20(11-15-3-7-19(35-2)13-23(15)36-14-24(30)31)25(26(32)37-27)16-4-10-21-22(12-16)29-38-28-21/h3-10,12-13,33H,11,14H2,1-2H3,(H,30,31). The van der Waals surface area contributed by atoms with Crippen molar-refractivity contribution >= 4 is 28.5 Å². The summed E-state index contributed by atoms with van der Waals surface area (Å²) in [5, 5.41) is 28.7. The summed E-state index contributed by atoms with van der Waals surface area (Å²) in [6.07, 6.45) is -0.0301. The summed E-state index contributed by atoms with van der Waals surface area (Å²) in [4.78, 5) is 24.5. The van der Waals surface area contributed by atoms with Gasteiger partial charge in [0.15, 0.2) is 6.61 Å². The number of nitrogens with zero attached hydrogens (tertiary/aromatic N) is 2. The van der Waals surface area contributed by atoms with Crippen LogP contribution in [0.5, 0.6) is 17.2 Å². The van der Waals surface area contributed by atoms with Crippen molar-refractivity contribution in [3.05, 3.63) is 82.9 Å². The van der Waals surface area contributed by atoms with E-state index in [1.807, 2.05) is 0 Å². The molecule has 194 valence electrons. The lowest BCUT2D eigenvalue weighted by atomic mass is 9.87. The molecule has 1 atom stereocenters. The van der Waals surface area contributed by atoms with Crippen molar-refractivity contribution in [1.82, 2.24) is 10.3 Å². The van der Waals surface area contributed by atoms with E-state index >= 15 is 0 Å². The number of ether oxygens (including phenoxy) is 4. The van der Waals surface area contributed by atoms with Gasteiger partial charge in [0.05, 0.1) is 19.8 Å². The van der Waals surface area contributed by atoms with Gasteiger partial charge in [0.1, 0.15) is 28.3 Å². The van der Waals surface area contributed by atoms with Crippen LogP contribution in [0.15, 0.2) is 70.9 Å². The first kappa shape index (κ1) is 24.8. The molecule has 0 saturated carbocycles. The van der Waals surface area contributed by atoms with Crippen LogP contribution in [0.25, 0.3) is 16.6 Å². The van der Waals surface area contributed by atoms with Crippen LogP contribution in [0.3, 0.4) is 0 Å². The second kappa shape index (κ2) is 9.87. The molecule has 1 aromatic heterocycles. The first-order chi connectivity index (χ1) is 18.3. The number of aromatic nitrogens is 2. The minimum absolute atomic E-state index is 0.0301. The first-order valence-electron chi connectivity index (χ1n) is 11.4. The lowest BCUT2D eigenvalue weighted by molar-refractivity contribution is -0.185. The number of cyclic esters (lactones) is 1. The van der Waals surface area contributed by atoms with Gasteiger partial charge in [-0.15, -0.1) is 0 Å². The molecule has 2 heterocycles. The van der Waals surface area contributed by atoms with E-state index in [1.54, 1.807) is 54.6 Å². The number of aliphatic carboxylic acids is 1. The Kier molecular flexibility index (Phi) is 6.43. The van der Waals surface area contributed by atoms with Crippen LogP contribution in [0.2, 0.25) is 0 Å². The molecule has 3 aromatic carbocycles. The number of fused-ring (bicyclic) bond motifs is 1. The van der Waals surface area contributed by atoms with Crippen LogP contribution in [-0.4, -0.2) is 53.3 Å². The molecule has 2 N–H and O–H groups in total. The predicted molar refractivity (Wildman–Crippen MR) is 132 cm³/mol. The molecular formula is C27H22N2O9. The van der Waals surface area contributed by atoms with E-state index in [1.165, 1.54) is 20.3 Å². The number of esters is 1. The maximum atomic E-state index is 13.3. The second-order valence-corrected chi connectivity index (χ2v) is 8.42. The zero-order valence-electron chi connectivity index (χ0n) is 20.3. The van der Waals surface area contributed by atoms with Gasteiger partial charge in [0.25, 0.3) is 5.79 Å². The number of hydrogen-bond donors (Lipinski definition) is 2. The maximum absolute atomic E-state index is 13.3. The van der Waals surface area contributed by atoms with Gasteiger partial charge in [-0.25, -0.2) is 14.2 Å². The molecule has 1 unspecified atom stereocenters. The molecule has 11 heteroatoms. The summed E-state index contributed by atoms with van der Waals surface area (Å²) in [6.45, 7) is -0.597. The zero-order valence-corrected chi connectivity index (χ0v) is 20.3. The SMILES string of the molecule is COc1ccc(C2(O)OC(=O)C(c3ccc4nonc4c3)=C2Cc2ccc(OC)cc2OCC(=O)O)cc1. The average molecular weight is 518 g/mol. The van der Waals surface area contributed by atoms with Gasteiger partial charge in [0, 0.05) is 23.6 Å². The smallest absolute Gasteiger partial charge is 0.342 e. The van der Waals surface area contributed by atoms with E-state index in [2.05, 4.69) is 10.3 Å². The van der Waals surface area contributed by atoms with E-state index < -0.39 is 24.3 Å². The third kappa shape index (κ3) is 4.50. The van der Waals surface area contributed by atoms with Crippen LogP contribution < -0.4 is 14.2 Å². The first-order valence-corrected chi connectivity index (χ1v) is 11.4. The molecule has 0 bridgehead atoms. The Bertz CT molecular complexity index is 1560. The second-order valence-electron chi connectivity index (χ2n) is 8.42. The molecule has 4 aromatic rings. The summed E-state index contributed by atoms with van der Waals surface area (Å²) < 4.78 is 26.4. The summed E-state index contributed by atoms with van der Waals surface area (Å²) in [5.41, 5.74) is 2.46. The van der Waals surface area contributed by atoms with Gasteiger partial charge in [-0.1, -0.05) is 12.1 Å². The number of methoxy groups -OCH3 is 2. The summed E-state index contributed by atoms with van der Waals surface area (Å²) in [6, 6.07) is 16.2. The van der Waals surface area contributed by atoms with E-state index in [4.69, 9.17) is 28.7 Å². The third-order valence-electron chi connectivity index (χ3n) is 6.17. The summed E-state index contributed by atoms with van der Waals surface area (Å²) >= 11 is 0. The van der Waals surface area contributed by atoms with E-state index in [-0.39, 0.29) is 23.3 Å². The highest BCUT2D eigenvalue weighted by Crippen LogP contribution is 2.46. The zero-order chi connectivity index (χ0) is 26.9. The normalized spacial score (nSPS) is 17.0. The number of benzene rings is 3. The Morgan fingerprint density at radius 1 is 0.947 bits per heavy atom. The molecule has 0 amide bonds. The lowest BCUT2D eigenvalue weighted by Gasteiger charge is -2.26. The number of rotatable bonds is 9. The fourth-order valence-corrected chi connectivity index (χ4v) is 4.30. The fraction of sp³-hybridized carbons (Fsp3) is 0.185. The Morgan fingerprint density at radius 3 is 2.37 bits per heavy atom. The molecule has 11 nitrogen and oxygen atoms in total. The van der Waals surface area contributed by atoms with Gasteiger partial charge >= 0.3 is 11.9 Å². The van der Waals surface area contributed by atoms with Crippen LogP contribution in [0.4, 0.5) is 0 Å². The van der Waals surface area contributed by atoms with Crippen molar-refractivity contribution in [2.24, 2.45) is 0 Å². The number of carbonyl (C=O) groups excluding carboxylic acids is 1. The van der Waals surface area contributed by atoms with E-state index in [9.17, 15) is 14.7 Å². The van der Waals surface area contributed by atoms with Crippen LogP contribution in [-0.2, 0) is 26.5 Å². The summed E-state index contributed by atoms with van der Waals surface area (Å²) in [7, 11) is 2.98. The lowest BCUT2D eigenvalue weighted by Crippen LogP contribution is -2.29. The number of carboxylic acids is 1. The number of carbonyl (C=O) groups is 2. The van der Waals surface area contributed by atoms with E-state index in [0.717, 1.165) is 0 Å². The van der Waals surface area contributed by atoms with Crippen molar-refractivity contribution in [3.63, 3.8) is 0 Å². The largest absolute Gasteiger partial charge is 0.497 e. The Hall–Kier alpha value is -4.90. The molecule has 0 radical (unpaired) electrons. The molecule has 1 aliphatic heterocycles. The van der Waals surface area contributed by atoms with Gasteiger partial charge in [-0.3, -0.25) is 0 Å². The number of aliphatic hydroxyl groups is 1. The Morgan fingerprint density at radius 2 is 1.66 bits per heavy atom. The van der Waals surface area contributed by atoms with Crippen LogP contribution >= 0.6 is 0 Å². The highest BCUT2D eigenvalue weighted by atomic mass is 16.7. The monoisotopic (exact) mass is 518 g/mol. The molecule has 0 spiro atoms. The van der Waals surface area contributed by atoms with Crippen molar-refractivity contribution in [1.29, 1.82) is 0 Å². The average Bonchev–Trinajstić information content (AvgIpc) is 3.49. The molecule has 38 heavy (non-hydrogen) atoms. The van der Waals surface area contributed by atoms with Gasteiger partial charge in [-0.05, 0) is 63.9 Å². The summed E-state index contributed by atoms with van der Waals surface area (Å²) in [5.74, 6) is -2.85. The van der Waals surface area contributed by atoms with E-state index in [0.29, 0.717) is 39.2 Å². The molecule has 0 aliphatic carbocycles. The van der Waals surface area contributed by atoms with Crippen LogP contribution in [0.1, 0.15) is 16.7 Å². The Labute approximate surface area is 215 Å². The highest BCUT2D eigenvalue weighted by Gasteiger charge is 2.48. The van der Waals surface area contributed by atoms with Crippen molar-refractivity contribution in [3.8, 4) is 17.2 Å². The Balaban J connectivity index is 1.68. The molecule has 1 aliphatic rings. The molecule has 5 rings (SSSR count). The quantitative estimate of drug-likeness (QED) is 0.315. The minimum Gasteiger partial charge on any atom is -0.497 e. The molecule has 0 saturated heterocycles. The third-order valence-corrected chi connectivity index (χ3v) is 6.17. The van der Waals surface area contributed by atoms with Crippen molar-refractivity contribution < 1.29 is 43.4 Å². The fourth-order valence-electron chi connectivity index (χ4n) is 4.30. The molecule has 0 fully saturated rings. The van der Waals surface area contributed by atoms with Crippen molar-refractivity contribution in [2.75, 3.05) is 20.8 Å².